The van der Waals surface area contributed by atoms with E-state index in [0.717, 1.165) is 31.4 Å². The Balaban J connectivity index is 0.000000232. The van der Waals surface area contributed by atoms with Crippen LogP contribution in [-0.2, 0) is 19.1 Å². The van der Waals surface area contributed by atoms with Gasteiger partial charge >= 0.3 is 0 Å². The smallest absolute Gasteiger partial charge is 0.235 e. The molecule has 1 aromatic carbocycles. The molecular formula is C22H34N2O6. The van der Waals surface area contributed by atoms with Crippen molar-refractivity contribution < 1.29 is 29.3 Å². The van der Waals surface area contributed by atoms with Gasteiger partial charge in [0.25, 0.3) is 0 Å². The van der Waals surface area contributed by atoms with E-state index in [0.29, 0.717) is 25.9 Å². The van der Waals surface area contributed by atoms with Crippen LogP contribution in [0.4, 0.5) is 5.69 Å². The number of carbonyl (C=O) groups is 2. The average Bonchev–Trinajstić information content (AvgIpc) is 3.11. The fourth-order valence-corrected chi connectivity index (χ4v) is 3.76. The first kappa shape index (κ1) is 24.3. The van der Waals surface area contributed by atoms with Gasteiger partial charge in [0, 0.05) is 33.0 Å². The third-order valence-corrected chi connectivity index (χ3v) is 5.55. The molecular weight excluding hydrogens is 388 g/mol. The highest BCUT2D eigenvalue weighted by Gasteiger charge is 2.33. The van der Waals surface area contributed by atoms with Gasteiger partial charge < -0.3 is 29.9 Å². The Bertz CT molecular complexity index is 656. The molecule has 8 nitrogen and oxygen atoms in total. The van der Waals surface area contributed by atoms with Gasteiger partial charge in [0.05, 0.1) is 11.8 Å². The van der Waals surface area contributed by atoms with Crippen molar-refractivity contribution in [3.63, 3.8) is 0 Å². The SMILES string of the molecule is COC(O)C1CCCCN(c2ccccc2)C1=O.COC(O)C1CCCCNC1=O. The van der Waals surface area contributed by atoms with Crippen LogP contribution in [0.3, 0.4) is 0 Å². The maximum atomic E-state index is 12.4. The molecule has 2 aliphatic rings. The molecule has 0 radical (unpaired) electrons. The Hall–Kier alpha value is -2.00. The molecule has 2 heterocycles. The molecule has 0 bridgehead atoms. The van der Waals surface area contributed by atoms with E-state index in [-0.39, 0.29) is 11.8 Å². The molecule has 168 valence electrons. The Labute approximate surface area is 178 Å². The van der Waals surface area contributed by atoms with Crippen molar-refractivity contribution in [2.24, 2.45) is 11.8 Å². The highest BCUT2D eigenvalue weighted by Crippen LogP contribution is 2.25. The van der Waals surface area contributed by atoms with Crippen molar-refractivity contribution in [1.29, 1.82) is 0 Å². The van der Waals surface area contributed by atoms with Crippen LogP contribution >= 0.6 is 0 Å². The Morgan fingerprint density at radius 3 is 2.20 bits per heavy atom. The largest absolute Gasteiger partial charge is 0.367 e. The van der Waals surface area contributed by atoms with Gasteiger partial charge in [-0.05, 0) is 37.8 Å². The minimum Gasteiger partial charge on any atom is -0.367 e. The van der Waals surface area contributed by atoms with E-state index in [1.165, 1.54) is 14.2 Å². The zero-order valence-corrected chi connectivity index (χ0v) is 17.8. The Morgan fingerprint density at radius 1 is 0.933 bits per heavy atom. The summed E-state index contributed by atoms with van der Waals surface area (Å²) in [5, 5.41) is 21.8. The molecule has 0 saturated carbocycles. The summed E-state index contributed by atoms with van der Waals surface area (Å²) in [6.07, 6.45) is 3.25. The molecule has 30 heavy (non-hydrogen) atoms. The van der Waals surface area contributed by atoms with E-state index in [4.69, 9.17) is 9.47 Å². The summed E-state index contributed by atoms with van der Waals surface area (Å²) in [5.41, 5.74) is 0.887. The van der Waals surface area contributed by atoms with E-state index in [1.807, 2.05) is 30.3 Å². The second-order valence-electron chi connectivity index (χ2n) is 7.57. The summed E-state index contributed by atoms with van der Waals surface area (Å²) in [6.45, 7) is 1.42. The van der Waals surface area contributed by atoms with E-state index in [9.17, 15) is 19.8 Å². The first-order valence-corrected chi connectivity index (χ1v) is 10.6. The van der Waals surface area contributed by atoms with E-state index < -0.39 is 24.4 Å². The number of hydrogen-bond donors (Lipinski definition) is 3. The lowest BCUT2D eigenvalue weighted by atomic mass is 10.0. The lowest BCUT2D eigenvalue weighted by molar-refractivity contribution is -0.149. The third-order valence-electron chi connectivity index (χ3n) is 5.55. The van der Waals surface area contributed by atoms with E-state index in [1.54, 1.807) is 4.90 Å². The average molecular weight is 423 g/mol. The first-order chi connectivity index (χ1) is 14.5. The first-order valence-electron chi connectivity index (χ1n) is 10.6. The molecule has 3 rings (SSSR count). The molecule has 0 aromatic heterocycles. The number of rotatable bonds is 5. The van der Waals surface area contributed by atoms with Crippen LogP contribution in [0.1, 0.15) is 38.5 Å². The lowest BCUT2D eigenvalue weighted by Crippen LogP contribution is -2.40. The Kier molecular flexibility index (Phi) is 10.2. The maximum absolute atomic E-state index is 12.4. The molecule has 2 saturated heterocycles. The van der Waals surface area contributed by atoms with Gasteiger partial charge in [0.1, 0.15) is 0 Å². The molecule has 4 unspecified atom stereocenters. The number of benzene rings is 1. The quantitative estimate of drug-likeness (QED) is 0.623. The minimum absolute atomic E-state index is 0.0481. The number of ether oxygens (including phenoxy) is 2. The summed E-state index contributed by atoms with van der Waals surface area (Å²) in [6, 6.07) is 9.58. The number of aliphatic hydroxyl groups is 2. The summed E-state index contributed by atoms with van der Waals surface area (Å²) in [4.78, 5) is 25.4. The molecule has 3 N–H and O–H groups in total. The van der Waals surface area contributed by atoms with Gasteiger partial charge in [-0.1, -0.05) is 31.0 Å². The highest BCUT2D eigenvalue weighted by atomic mass is 16.6. The second kappa shape index (κ2) is 12.6. The van der Waals surface area contributed by atoms with Crippen LogP contribution in [0, 0.1) is 11.8 Å². The number of para-hydroxylation sites is 1. The molecule has 2 amide bonds. The predicted octanol–water partition coefficient (Wildman–Crippen LogP) is 1.65. The number of nitrogens with one attached hydrogen (secondary N) is 1. The van der Waals surface area contributed by atoms with Crippen molar-refractivity contribution in [2.75, 3.05) is 32.2 Å². The van der Waals surface area contributed by atoms with Crippen LogP contribution in [0.2, 0.25) is 0 Å². The van der Waals surface area contributed by atoms with E-state index >= 15 is 0 Å². The number of nitrogens with zero attached hydrogens (tertiary/aromatic N) is 1. The molecule has 2 fully saturated rings. The van der Waals surface area contributed by atoms with Crippen molar-refractivity contribution in [3.05, 3.63) is 30.3 Å². The summed E-state index contributed by atoms with van der Waals surface area (Å²) in [5.74, 6) is -0.995. The molecule has 0 spiro atoms. The van der Waals surface area contributed by atoms with Crippen LogP contribution < -0.4 is 10.2 Å². The minimum atomic E-state index is -1.01. The van der Waals surface area contributed by atoms with Gasteiger partial charge in [0.15, 0.2) is 12.6 Å². The number of hydrogen-bond acceptors (Lipinski definition) is 6. The van der Waals surface area contributed by atoms with Crippen LogP contribution in [0.15, 0.2) is 30.3 Å². The number of methoxy groups -OCH3 is 2. The third kappa shape index (κ3) is 6.77. The number of aliphatic hydroxyl groups excluding tert-OH is 2. The fraction of sp³-hybridized carbons (Fsp3) is 0.636. The second-order valence-corrected chi connectivity index (χ2v) is 7.57. The number of amides is 2. The zero-order valence-electron chi connectivity index (χ0n) is 17.8. The van der Waals surface area contributed by atoms with Crippen molar-refractivity contribution in [3.8, 4) is 0 Å². The van der Waals surface area contributed by atoms with Gasteiger partial charge in [-0.2, -0.15) is 0 Å². The fourth-order valence-electron chi connectivity index (χ4n) is 3.76. The van der Waals surface area contributed by atoms with Crippen LogP contribution in [-0.4, -0.2) is 61.9 Å². The normalized spacial score (nSPS) is 24.6. The molecule has 1 aromatic rings. The predicted molar refractivity (Wildman–Crippen MR) is 113 cm³/mol. The summed E-state index contributed by atoms with van der Waals surface area (Å²) >= 11 is 0. The lowest BCUT2D eigenvalue weighted by Gasteiger charge is -2.26. The molecule has 0 aliphatic carbocycles. The number of anilines is 1. The van der Waals surface area contributed by atoms with Crippen molar-refractivity contribution in [1.82, 2.24) is 5.32 Å². The Morgan fingerprint density at radius 2 is 1.53 bits per heavy atom. The maximum Gasteiger partial charge on any atom is 0.235 e. The van der Waals surface area contributed by atoms with Crippen LogP contribution in [0.25, 0.3) is 0 Å². The summed E-state index contributed by atoms with van der Waals surface area (Å²) in [7, 11) is 2.83. The van der Waals surface area contributed by atoms with Gasteiger partial charge in [-0.3, -0.25) is 9.59 Å². The van der Waals surface area contributed by atoms with E-state index in [2.05, 4.69) is 5.32 Å². The zero-order chi connectivity index (χ0) is 21.9. The van der Waals surface area contributed by atoms with Crippen molar-refractivity contribution in [2.45, 2.75) is 51.1 Å². The summed E-state index contributed by atoms with van der Waals surface area (Å²) < 4.78 is 9.62. The monoisotopic (exact) mass is 422 g/mol. The molecule has 4 atom stereocenters. The molecule has 2 aliphatic heterocycles. The van der Waals surface area contributed by atoms with Gasteiger partial charge in [-0.15, -0.1) is 0 Å². The van der Waals surface area contributed by atoms with Crippen LogP contribution in [0.5, 0.6) is 0 Å². The standard InChI is InChI=1S/C14H19NO3.C8H15NO3/c1-18-14(17)12-9-5-6-10-15(13(12)16)11-7-3-2-4-8-11;1-12-8(11)6-4-2-3-5-9-7(6)10/h2-4,7-8,12,14,17H,5-6,9-10H2,1H3;6,8,11H,2-5H2,1H3,(H,9,10). The van der Waals surface area contributed by atoms with Gasteiger partial charge in [0.2, 0.25) is 11.8 Å². The topological polar surface area (TPSA) is 108 Å². The molecule has 8 heteroatoms. The van der Waals surface area contributed by atoms with Crippen molar-refractivity contribution >= 4 is 17.5 Å². The highest BCUT2D eigenvalue weighted by molar-refractivity contribution is 5.95. The number of carbonyl (C=O) groups excluding carboxylic acids is 2. The van der Waals surface area contributed by atoms with Gasteiger partial charge in [-0.25, -0.2) is 0 Å².